The standard InChI is InChI=1S/C21H17ClF2N2O3S/c1-13-3-4-15(24)11-20(13)25-21(27)18-12-17(9-10-19(18)22)30(28,29)26(2)16-7-5-14(23)6-8-16/h3-12H,1-2H3,(H,25,27). The summed E-state index contributed by atoms with van der Waals surface area (Å²) in [5.74, 6) is -1.71. The van der Waals surface area contributed by atoms with Crippen molar-refractivity contribution in [1.29, 1.82) is 0 Å². The fourth-order valence-electron chi connectivity index (χ4n) is 2.71. The molecule has 0 bridgehead atoms. The fraction of sp³-hybridized carbons (Fsp3) is 0.0952. The van der Waals surface area contributed by atoms with Crippen LogP contribution < -0.4 is 9.62 Å². The first-order valence-corrected chi connectivity index (χ1v) is 10.5. The minimum Gasteiger partial charge on any atom is -0.322 e. The summed E-state index contributed by atoms with van der Waals surface area (Å²) >= 11 is 6.11. The first-order valence-electron chi connectivity index (χ1n) is 8.71. The molecule has 0 radical (unpaired) electrons. The van der Waals surface area contributed by atoms with Gasteiger partial charge in [0.15, 0.2) is 0 Å². The summed E-state index contributed by atoms with van der Waals surface area (Å²) in [5, 5.41) is 2.57. The lowest BCUT2D eigenvalue weighted by molar-refractivity contribution is 0.102. The molecular weight excluding hydrogens is 434 g/mol. The molecule has 0 heterocycles. The van der Waals surface area contributed by atoms with Crippen LogP contribution in [0.3, 0.4) is 0 Å². The Balaban J connectivity index is 1.95. The van der Waals surface area contributed by atoms with E-state index in [-0.39, 0.29) is 26.9 Å². The molecule has 156 valence electrons. The van der Waals surface area contributed by atoms with Gasteiger partial charge in [-0.05, 0) is 67.1 Å². The molecule has 3 aromatic rings. The van der Waals surface area contributed by atoms with E-state index >= 15 is 0 Å². The van der Waals surface area contributed by atoms with Gasteiger partial charge in [0.2, 0.25) is 0 Å². The van der Waals surface area contributed by atoms with Crippen LogP contribution in [0.2, 0.25) is 5.02 Å². The number of halogens is 3. The summed E-state index contributed by atoms with van der Waals surface area (Å²) in [6.07, 6.45) is 0. The van der Waals surface area contributed by atoms with E-state index in [1.54, 1.807) is 6.92 Å². The first kappa shape index (κ1) is 21.7. The average molecular weight is 451 g/mol. The number of carbonyl (C=O) groups is 1. The van der Waals surface area contributed by atoms with Gasteiger partial charge < -0.3 is 5.32 Å². The van der Waals surface area contributed by atoms with Crippen LogP contribution in [0.15, 0.2) is 65.6 Å². The van der Waals surface area contributed by atoms with E-state index in [1.165, 1.54) is 43.4 Å². The lowest BCUT2D eigenvalue weighted by Crippen LogP contribution is -2.27. The lowest BCUT2D eigenvalue weighted by atomic mass is 10.1. The van der Waals surface area contributed by atoms with E-state index in [0.29, 0.717) is 5.56 Å². The second-order valence-corrected chi connectivity index (χ2v) is 8.88. The number of nitrogens with one attached hydrogen (secondary N) is 1. The quantitative estimate of drug-likeness (QED) is 0.594. The second-order valence-electron chi connectivity index (χ2n) is 6.50. The predicted octanol–water partition coefficient (Wildman–Crippen LogP) is 5.00. The van der Waals surface area contributed by atoms with Gasteiger partial charge in [-0.15, -0.1) is 0 Å². The number of amides is 1. The molecule has 0 aliphatic carbocycles. The number of nitrogens with zero attached hydrogens (tertiary/aromatic N) is 1. The van der Waals surface area contributed by atoms with E-state index in [0.717, 1.165) is 28.6 Å². The third-order valence-electron chi connectivity index (χ3n) is 4.48. The van der Waals surface area contributed by atoms with Crippen molar-refractivity contribution in [2.45, 2.75) is 11.8 Å². The van der Waals surface area contributed by atoms with Crippen LogP contribution in [0.5, 0.6) is 0 Å². The van der Waals surface area contributed by atoms with Crippen LogP contribution in [0, 0.1) is 18.6 Å². The van der Waals surface area contributed by atoms with Gasteiger partial charge in [0.25, 0.3) is 15.9 Å². The molecule has 30 heavy (non-hydrogen) atoms. The Morgan fingerprint density at radius 1 is 0.967 bits per heavy atom. The number of sulfonamides is 1. The van der Waals surface area contributed by atoms with Crippen molar-refractivity contribution < 1.29 is 22.0 Å². The van der Waals surface area contributed by atoms with E-state index < -0.39 is 27.6 Å². The van der Waals surface area contributed by atoms with Crippen molar-refractivity contribution in [1.82, 2.24) is 0 Å². The maximum Gasteiger partial charge on any atom is 0.264 e. The largest absolute Gasteiger partial charge is 0.322 e. The van der Waals surface area contributed by atoms with Crippen LogP contribution in [0.1, 0.15) is 15.9 Å². The molecule has 0 fully saturated rings. The summed E-state index contributed by atoms with van der Waals surface area (Å²) in [4.78, 5) is 12.5. The van der Waals surface area contributed by atoms with Crippen LogP contribution >= 0.6 is 11.6 Å². The van der Waals surface area contributed by atoms with E-state index in [4.69, 9.17) is 11.6 Å². The third-order valence-corrected chi connectivity index (χ3v) is 6.59. The lowest BCUT2D eigenvalue weighted by Gasteiger charge is -2.20. The summed E-state index contributed by atoms with van der Waals surface area (Å²) in [6, 6.07) is 12.6. The van der Waals surface area contributed by atoms with E-state index in [1.807, 2.05) is 0 Å². The molecule has 0 aromatic heterocycles. The molecule has 0 saturated carbocycles. The highest BCUT2D eigenvalue weighted by Gasteiger charge is 2.24. The molecule has 0 spiro atoms. The summed E-state index contributed by atoms with van der Waals surface area (Å²) in [6.45, 7) is 1.69. The normalized spacial score (nSPS) is 11.2. The Kier molecular flexibility index (Phi) is 6.09. The number of aryl methyl sites for hydroxylation is 1. The molecule has 9 heteroatoms. The molecule has 0 aliphatic rings. The Bertz CT molecular complexity index is 1220. The summed E-state index contributed by atoms with van der Waals surface area (Å²) < 4.78 is 53.5. The van der Waals surface area contributed by atoms with Gasteiger partial charge in [0.05, 0.1) is 21.2 Å². The van der Waals surface area contributed by atoms with Crippen LogP contribution in [0.4, 0.5) is 20.2 Å². The minimum absolute atomic E-state index is 0.0324. The molecule has 0 aliphatic heterocycles. The summed E-state index contributed by atoms with van der Waals surface area (Å²) in [5.41, 5.74) is 1.02. The van der Waals surface area contributed by atoms with Crippen molar-refractivity contribution >= 4 is 38.9 Å². The van der Waals surface area contributed by atoms with Crippen LogP contribution in [-0.4, -0.2) is 21.4 Å². The van der Waals surface area contributed by atoms with Crippen molar-refractivity contribution in [2.75, 3.05) is 16.7 Å². The molecule has 1 amide bonds. The fourth-order valence-corrected chi connectivity index (χ4v) is 4.13. The maximum absolute atomic E-state index is 13.5. The van der Waals surface area contributed by atoms with E-state index in [9.17, 15) is 22.0 Å². The number of carbonyl (C=O) groups excluding carboxylic acids is 1. The third kappa shape index (κ3) is 4.44. The summed E-state index contributed by atoms with van der Waals surface area (Å²) in [7, 11) is -2.74. The van der Waals surface area contributed by atoms with Crippen molar-refractivity contribution in [3.63, 3.8) is 0 Å². The number of rotatable bonds is 5. The van der Waals surface area contributed by atoms with Gasteiger partial charge in [-0.2, -0.15) is 0 Å². The number of hydrogen-bond donors (Lipinski definition) is 1. The molecular formula is C21H17ClF2N2O3S. The van der Waals surface area contributed by atoms with Crippen molar-refractivity contribution in [3.8, 4) is 0 Å². The van der Waals surface area contributed by atoms with E-state index in [2.05, 4.69) is 5.32 Å². The Hall–Kier alpha value is -2.97. The smallest absolute Gasteiger partial charge is 0.264 e. The highest BCUT2D eigenvalue weighted by molar-refractivity contribution is 7.92. The zero-order valence-electron chi connectivity index (χ0n) is 16.0. The molecule has 1 N–H and O–H groups in total. The highest BCUT2D eigenvalue weighted by Crippen LogP contribution is 2.27. The number of hydrogen-bond acceptors (Lipinski definition) is 3. The molecule has 0 unspecified atom stereocenters. The monoisotopic (exact) mass is 450 g/mol. The van der Waals surface area contributed by atoms with Gasteiger partial charge in [-0.1, -0.05) is 17.7 Å². The topological polar surface area (TPSA) is 66.5 Å². The van der Waals surface area contributed by atoms with Crippen LogP contribution in [0.25, 0.3) is 0 Å². The van der Waals surface area contributed by atoms with Crippen molar-refractivity contribution in [3.05, 3.63) is 88.4 Å². The Labute approximate surface area is 178 Å². The zero-order chi connectivity index (χ0) is 22.1. The van der Waals surface area contributed by atoms with Crippen molar-refractivity contribution in [2.24, 2.45) is 0 Å². The van der Waals surface area contributed by atoms with Crippen LogP contribution in [-0.2, 0) is 10.0 Å². The zero-order valence-corrected chi connectivity index (χ0v) is 17.6. The Morgan fingerprint density at radius 3 is 2.27 bits per heavy atom. The van der Waals surface area contributed by atoms with Gasteiger partial charge >= 0.3 is 0 Å². The van der Waals surface area contributed by atoms with Gasteiger partial charge in [-0.25, -0.2) is 17.2 Å². The molecule has 3 rings (SSSR count). The van der Waals surface area contributed by atoms with Gasteiger partial charge in [0, 0.05) is 12.7 Å². The predicted molar refractivity (Wildman–Crippen MR) is 113 cm³/mol. The maximum atomic E-state index is 13.5. The first-order chi connectivity index (χ1) is 14.1. The molecule has 5 nitrogen and oxygen atoms in total. The highest BCUT2D eigenvalue weighted by atomic mass is 35.5. The SMILES string of the molecule is Cc1ccc(F)cc1NC(=O)c1cc(S(=O)(=O)N(C)c2ccc(F)cc2)ccc1Cl. The Morgan fingerprint density at radius 2 is 1.60 bits per heavy atom. The minimum atomic E-state index is -4.05. The molecule has 3 aromatic carbocycles. The molecule has 0 atom stereocenters. The molecule has 0 saturated heterocycles. The van der Waals surface area contributed by atoms with Gasteiger partial charge in [-0.3, -0.25) is 9.10 Å². The van der Waals surface area contributed by atoms with Gasteiger partial charge in [0.1, 0.15) is 11.6 Å². The number of benzene rings is 3. The second kappa shape index (κ2) is 8.41. The number of anilines is 2. The average Bonchev–Trinajstić information content (AvgIpc) is 2.70.